The Hall–Kier alpha value is -0.770. The second-order valence-electron chi connectivity index (χ2n) is 5.69. The summed E-state index contributed by atoms with van der Waals surface area (Å²) < 4.78 is 0. The van der Waals surface area contributed by atoms with Crippen molar-refractivity contribution in [2.24, 2.45) is 11.7 Å². The second kappa shape index (κ2) is 5.55. The number of rotatable bonds is 3. The molecular formula is C15H18Cl2N2O. The normalized spacial score (nSPS) is 28.8. The van der Waals surface area contributed by atoms with E-state index >= 15 is 0 Å². The summed E-state index contributed by atoms with van der Waals surface area (Å²) >= 11 is 12.0. The highest BCUT2D eigenvalue weighted by molar-refractivity contribution is 6.42. The van der Waals surface area contributed by atoms with Gasteiger partial charge >= 0.3 is 0 Å². The van der Waals surface area contributed by atoms with Crippen molar-refractivity contribution < 1.29 is 4.79 Å². The molecule has 108 valence electrons. The van der Waals surface area contributed by atoms with Gasteiger partial charge in [0, 0.05) is 25.0 Å². The van der Waals surface area contributed by atoms with Crippen LogP contribution < -0.4 is 5.73 Å². The van der Waals surface area contributed by atoms with Crippen molar-refractivity contribution in [2.45, 2.75) is 31.2 Å². The Kier molecular flexibility index (Phi) is 3.93. The van der Waals surface area contributed by atoms with Gasteiger partial charge in [0.05, 0.1) is 10.0 Å². The molecule has 1 amide bonds. The van der Waals surface area contributed by atoms with Gasteiger partial charge in [0.2, 0.25) is 5.91 Å². The summed E-state index contributed by atoms with van der Waals surface area (Å²) in [5, 5.41) is 1.12. The molecule has 1 aromatic rings. The molecule has 2 aliphatic rings. The fourth-order valence-electron chi connectivity index (χ4n) is 3.16. The van der Waals surface area contributed by atoms with Crippen molar-refractivity contribution in [1.82, 2.24) is 4.90 Å². The molecule has 1 saturated heterocycles. The number of hydrogen-bond donors (Lipinski definition) is 1. The van der Waals surface area contributed by atoms with Crippen molar-refractivity contribution in [3.63, 3.8) is 0 Å². The Bertz CT molecular complexity index is 535. The van der Waals surface area contributed by atoms with Crippen molar-refractivity contribution in [3.8, 4) is 0 Å². The average molecular weight is 313 g/mol. The minimum Gasteiger partial charge on any atom is -0.338 e. The molecule has 5 heteroatoms. The lowest BCUT2D eigenvalue weighted by molar-refractivity contribution is -0.133. The summed E-state index contributed by atoms with van der Waals surface area (Å²) in [5.41, 5.74) is 6.85. The van der Waals surface area contributed by atoms with Crippen molar-refractivity contribution in [1.29, 1.82) is 0 Å². The summed E-state index contributed by atoms with van der Waals surface area (Å²) in [7, 11) is 0. The Labute approximate surface area is 129 Å². The third-order valence-electron chi connectivity index (χ3n) is 4.41. The topological polar surface area (TPSA) is 46.3 Å². The molecule has 1 saturated carbocycles. The van der Waals surface area contributed by atoms with Gasteiger partial charge in [-0.15, -0.1) is 0 Å². The van der Waals surface area contributed by atoms with Gasteiger partial charge < -0.3 is 10.6 Å². The van der Waals surface area contributed by atoms with Gasteiger partial charge in [0.15, 0.2) is 0 Å². The summed E-state index contributed by atoms with van der Waals surface area (Å²) in [6.45, 7) is 1.42. The molecule has 3 atom stereocenters. The van der Waals surface area contributed by atoms with Crippen LogP contribution in [0.1, 0.15) is 30.7 Å². The molecule has 0 bridgehead atoms. The van der Waals surface area contributed by atoms with E-state index in [0.717, 1.165) is 31.4 Å². The van der Waals surface area contributed by atoms with Crippen LogP contribution in [0.4, 0.5) is 0 Å². The van der Waals surface area contributed by atoms with Crippen LogP contribution in [0.5, 0.6) is 0 Å². The molecule has 2 fully saturated rings. The smallest absolute Gasteiger partial charge is 0.226 e. The van der Waals surface area contributed by atoms with Gasteiger partial charge in [0.1, 0.15) is 0 Å². The Morgan fingerprint density at radius 2 is 2.15 bits per heavy atom. The van der Waals surface area contributed by atoms with Gasteiger partial charge in [-0.25, -0.2) is 0 Å². The Morgan fingerprint density at radius 3 is 2.85 bits per heavy atom. The van der Waals surface area contributed by atoms with E-state index in [4.69, 9.17) is 28.9 Å². The molecule has 1 aliphatic heterocycles. The summed E-state index contributed by atoms with van der Waals surface area (Å²) in [4.78, 5) is 14.5. The highest BCUT2D eigenvalue weighted by Gasteiger charge is 2.47. The van der Waals surface area contributed by atoms with E-state index < -0.39 is 0 Å². The fraction of sp³-hybridized carbons (Fsp3) is 0.533. The second-order valence-corrected chi connectivity index (χ2v) is 6.50. The molecule has 0 aromatic heterocycles. The maximum atomic E-state index is 12.5. The van der Waals surface area contributed by atoms with Crippen LogP contribution in [0.25, 0.3) is 0 Å². The molecule has 1 heterocycles. The first-order valence-corrected chi connectivity index (χ1v) is 7.83. The van der Waals surface area contributed by atoms with Crippen LogP contribution in [0.2, 0.25) is 10.0 Å². The zero-order chi connectivity index (χ0) is 14.3. The van der Waals surface area contributed by atoms with E-state index in [2.05, 4.69) is 0 Å². The number of nitrogens with zero attached hydrogens (tertiary/aromatic N) is 1. The molecule has 20 heavy (non-hydrogen) atoms. The van der Waals surface area contributed by atoms with Crippen LogP contribution in [0.15, 0.2) is 18.2 Å². The minimum atomic E-state index is 0.0967. The summed E-state index contributed by atoms with van der Waals surface area (Å²) in [5.74, 6) is 0.643. The minimum absolute atomic E-state index is 0.0967. The third-order valence-corrected chi connectivity index (χ3v) is 5.15. The van der Waals surface area contributed by atoms with E-state index in [1.165, 1.54) is 0 Å². The molecule has 0 unspecified atom stereocenters. The van der Waals surface area contributed by atoms with Crippen LogP contribution in [0.3, 0.4) is 0 Å². The van der Waals surface area contributed by atoms with E-state index in [-0.39, 0.29) is 23.8 Å². The van der Waals surface area contributed by atoms with E-state index in [1.54, 1.807) is 6.07 Å². The first-order chi connectivity index (χ1) is 9.61. The van der Waals surface area contributed by atoms with E-state index in [9.17, 15) is 4.79 Å². The maximum absolute atomic E-state index is 12.5. The highest BCUT2D eigenvalue weighted by Crippen LogP contribution is 2.49. The van der Waals surface area contributed by atoms with Crippen LogP contribution >= 0.6 is 23.2 Å². The Balaban J connectivity index is 1.69. The SMILES string of the molecule is NC[C@@H]1CCCN1C(=O)[C@H]1C[C@H]1c1ccc(Cl)c(Cl)c1. The lowest BCUT2D eigenvalue weighted by Gasteiger charge is -2.23. The van der Waals surface area contributed by atoms with Crippen LogP contribution in [-0.2, 0) is 4.79 Å². The lowest BCUT2D eigenvalue weighted by atomic mass is 10.1. The third kappa shape index (κ3) is 2.54. The highest BCUT2D eigenvalue weighted by atomic mass is 35.5. The zero-order valence-corrected chi connectivity index (χ0v) is 12.7. The molecule has 3 rings (SSSR count). The molecule has 1 aromatic carbocycles. The summed E-state index contributed by atoms with van der Waals surface area (Å²) in [6, 6.07) is 5.89. The standard InChI is InChI=1S/C15H18Cl2N2O/c16-13-4-3-9(6-14(13)17)11-7-12(11)15(20)19-5-1-2-10(19)8-18/h3-4,6,10-12H,1-2,5,7-8,18H2/t10-,11-,12-/m0/s1. The number of hydrogen-bond acceptors (Lipinski definition) is 2. The fourth-order valence-corrected chi connectivity index (χ4v) is 3.47. The van der Waals surface area contributed by atoms with Crippen molar-refractivity contribution in [2.75, 3.05) is 13.1 Å². The number of carbonyl (C=O) groups excluding carboxylic acids is 1. The number of likely N-dealkylation sites (tertiary alicyclic amines) is 1. The van der Waals surface area contributed by atoms with Gasteiger partial charge in [-0.05, 0) is 42.9 Å². The maximum Gasteiger partial charge on any atom is 0.226 e. The monoisotopic (exact) mass is 312 g/mol. The van der Waals surface area contributed by atoms with Crippen molar-refractivity contribution in [3.05, 3.63) is 33.8 Å². The predicted octanol–water partition coefficient (Wildman–Crippen LogP) is 3.05. The zero-order valence-electron chi connectivity index (χ0n) is 11.2. The Morgan fingerprint density at radius 1 is 1.35 bits per heavy atom. The van der Waals surface area contributed by atoms with Gasteiger partial charge in [0.25, 0.3) is 0 Å². The molecule has 1 aliphatic carbocycles. The van der Waals surface area contributed by atoms with Gasteiger partial charge in [-0.1, -0.05) is 29.3 Å². The van der Waals surface area contributed by atoms with E-state index in [1.807, 2.05) is 17.0 Å². The first-order valence-electron chi connectivity index (χ1n) is 7.07. The van der Waals surface area contributed by atoms with Crippen molar-refractivity contribution >= 4 is 29.1 Å². The van der Waals surface area contributed by atoms with Gasteiger partial charge in [-0.3, -0.25) is 4.79 Å². The molecular weight excluding hydrogens is 295 g/mol. The lowest BCUT2D eigenvalue weighted by Crippen LogP contribution is -2.40. The number of amides is 1. The number of nitrogens with two attached hydrogens (primary N) is 1. The predicted molar refractivity (Wildman–Crippen MR) is 81.1 cm³/mol. The molecule has 3 nitrogen and oxygen atoms in total. The molecule has 0 radical (unpaired) electrons. The number of carbonyl (C=O) groups is 1. The van der Waals surface area contributed by atoms with E-state index in [0.29, 0.717) is 16.6 Å². The number of benzene rings is 1. The first kappa shape index (κ1) is 14.2. The molecule has 2 N–H and O–H groups in total. The largest absolute Gasteiger partial charge is 0.338 e. The van der Waals surface area contributed by atoms with Crippen LogP contribution in [0, 0.1) is 5.92 Å². The number of halogens is 2. The van der Waals surface area contributed by atoms with Gasteiger partial charge in [-0.2, -0.15) is 0 Å². The quantitative estimate of drug-likeness (QED) is 0.932. The summed E-state index contributed by atoms with van der Waals surface area (Å²) in [6.07, 6.45) is 3.01. The van der Waals surface area contributed by atoms with Crippen LogP contribution in [-0.4, -0.2) is 29.9 Å². The molecule has 0 spiro atoms. The average Bonchev–Trinajstić information content (AvgIpc) is 3.10.